The smallest absolute Gasteiger partial charge is 0.310 e. The van der Waals surface area contributed by atoms with Gasteiger partial charge in [0.05, 0.1) is 29.6 Å². The summed E-state index contributed by atoms with van der Waals surface area (Å²) in [5.41, 5.74) is -2.58. The molecule has 20 heavy (non-hydrogen) atoms. The van der Waals surface area contributed by atoms with Gasteiger partial charge in [-0.1, -0.05) is 6.07 Å². The molecule has 0 amide bonds. The molecular weight excluding hydrogens is 274 g/mol. The van der Waals surface area contributed by atoms with Gasteiger partial charge in [0, 0.05) is 5.56 Å². The van der Waals surface area contributed by atoms with Crippen molar-refractivity contribution in [2.75, 3.05) is 6.61 Å². The number of nitrogens with zero attached hydrogens (tertiary/aromatic N) is 2. The van der Waals surface area contributed by atoms with Crippen molar-refractivity contribution in [3.63, 3.8) is 0 Å². The summed E-state index contributed by atoms with van der Waals surface area (Å²) >= 11 is 0. The number of hydrogen-bond donors (Lipinski definition) is 0. The number of nitriles is 1. The lowest BCUT2D eigenvalue weighted by Gasteiger charge is -2.09. The fourth-order valence-electron chi connectivity index (χ4n) is 1.70. The molecule has 1 aromatic rings. The Kier molecular flexibility index (Phi) is 5.08. The van der Waals surface area contributed by atoms with E-state index in [-0.39, 0.29) is 12.2 Å². The minimum Gasteiger partial charge on any atom is -0.466 e. The van der Waals surface area contributed by atoms with Crippen LogP contribution in [-0.4, -0.2) is 17.5 Å². The highest BCUT2D eigenvalue weighted by Gasteiger charge is 2.30. The average Bonchev–Trinajstić information content (AvgIpc) is 2.37. The molecule has 8 heteroatoms. The average molecular weight is 284 g/mol. The zero-order valence-electron chi connectivity index (χ0n) is 10.4. The molecule has 0 atom stereocenters. The van der Waals surface area contributed by atoms with Crippen LogP contribution in [0.4, 0.5) is 14.5 Å². The van der Waals surface area contributed by atoms with Gasteiger partial charge in [0.1, 0.15) is 5.56 Å². The molecular formula is C12H10F2N2O4. The molecule has 6 nitrogen and oxygen atoms in total. The second-order valence-electron chi connectivity index (χ2n) is 3.69. The number of carbonyl (C=O) groups is 1. The van der Waals surface area contributed by atoms with E-state index in [1.165, 1.54) is 6.07 Å². The highest BCUT2D eigenvalue weighted by Crippen LogP contribution is 2.35. The van der Waals surface area contributed by atoms with Crippen LogP contribution >= 0.6 is 0 Å². The van der Waals surface area contributed by atoms with Gasteiger partial charge in [-0.2, -0.15) is 5.26 Å². The van der Waals surface area contributed by atoms with Crippen LogP contribution in [0.2, 0.25) is 0 Å². The third kappa shape index (κ3) is 3.26. The van der Waals surface area contributed by atoms with Gasteiger partial charge >= 0.3 is 5.97 Å². The second-order valence-corrected chi connectivity index (χ2v) is 3.69. The van der Waals surface area contributed by atoms with Gasteiger partial charge in [0.15, 0.2) is 0 Å². The molecule has 0 unspecified atom stereocenters. The molecule has 0 saturated carbocycles. The largest absolute Gasteiger partial charge is 0.466 e. The molecule has 0 heterocycles. The van der Waals surface area contributed by atoms with Gasteiger partial charge in [0.25, 0.3) is 12.1 Å². The Bertz CT molecular complexity index is 582. The molecule has 0 radical (unpaired) electrons. The zero-order valence-corrected chi connectivity index (χ0v) is 10.4. The molecule has 0 N–H and O–H groups in total. The molecule has 0 aliphatic carbocycles. The molecule has 0 fully saturated rings. The molecule has 0 bridgehead atoms. The van der Waals surface area contributed by atoms with Gasteiger partial charge < -0.3 is 4.74 Å². The standard InChI is InChI=1S/C12H10F2N2O4/c1-2-20-9(17)5-7-3-4-8(6-15)10(12(13)14)11(7)16(18)19/h3-4,12H,2,5H2,1H3. The van der Waals surface area contributed by atoms with Crippen molar-refractivity contribution in [1.29, 1.82) is 5.26 Å². The van der Waals surface area contributed by atoms with Crippen LogP contribution in [0.25, 0.3) is 0 Å². The summed E-state index contributed by atoms with van der Waals surface area (Å²) in [7, 11) is 0. The van der Waals surface area contributed by atoms with Gasteiger partial charge in [-0.25, -0.2) is 8.78 Å². The highest BCUT2D eigenvalue weighted by molar-refractivity contribution is 5.75. The minimum atomic E-state index is -3.19. The van der Waals surface area contributed by atoms with E-state index in [1.54, 1.807) is 6.92 Å². The summed E-state index contributed by atoms with van der Waals surface area (Å²) in [5, 5.41) is 19.7. The number of nitro benzene ring substituents is 1. The number of benzene rings is 1. The monoisotopic (exact) mass is 284 g/mol. The Morgan fingerprint density at radius 2 is 2.20 bits per heavy atom. The lowest BCUT2D eigenvalue weighted by Crippen LogP contribution is -2.11. The lowest BCUT2D eigenvalue weighted by molar-refractivity contribution is -0.387. The predicted molar refractivity (Wildman–Crippen MR) is 63.1 cm³/mol. The molecule has 0 aliphatic heterocycles. The topological polar surface area (TPSA) is 93.2 Å². The fraction of sp³-hybridized carbons (Fsp3) is 0.333. The van der Waals surface area contributed by atoms with Crippen molar-refractivity contribution in [2.45, 2.75) is 19.8 Å². The summed E-state index contributed by atoms with van der Waals surface area (Å²) in [6.45, 7) is 1.63. The number of rotatable bonds is 5. The van der Waals surface area contributed by atoms with Gasteiger partial charge in [-0.15, -0.1) is 0 Å². The summed E-state index contributed by atoms with van der Waals surface area (Å²) in [6.07, 6.45) is -3.69. The van der Waals surface area contributed by atoms with E-state index in [9.17, 15) is 23.7 Å². The van der Waals surface area contributed by atoms with Gasteiger partial charge in [-0.05, 0) is 13.0 Å². The number of alkyl halides is 2. The summed E-state index contributed by atoms with van der Waals surface area (Å²) < 4.78 is 30.5. The molecule has 106 valence electrons. The van der Waals surface area contributed by atoms with E-state index in [0.717, 1.165) is 12.1 Å². The number of ether oxygens (including phenoxy) is 1. The van der Waals surface area contributed by atoms with Crippen molar-refractivity contribution < 1.29 is 23.2 Å². The summed E-state index contributed by atoms with van der Waals surface area (Å²) in [6, 6.07) is 3.62. The van der Waals surface area contributed by atoms with Crippen molar-refractivity contribution >= 4 is 11.7 Å². The van der Waals surface area contributed by atoms with E-state index < -0.39 is 40.6 Å². The van der Waals surface area contributed by atoms with Crippen molar-refractivity contribution in [2.24, 2.45) is 0 Å². The number of halogens is 2. The van der Waals surface area contributed by atoms with E-state index in [1.807, 2.05) is 0 Å². The Balaban J connectivity index is 3.39. The van der Waals surface area contributed by atoms with Crippen LogP contribution in [0.1, 0.15) is 30.0 Å². The van der Waals surface area contributed by atoms with Gasteiger partial charge in [0.2, 0.25) is 0 Å². The van der Waals surface area contributed by atoms with E-state index >= 15 is 0 Å². The van der Waals surface area contributed by atoms with Crippen molar-refractivity contribution in [3.05, 3.63) is 38.9 Å². The number of nitro groups is 1. The SMILES string of the molecule is CCOC(=O)Cc1ccc(C#N)c(C(F)F)c1[N+](=O)[O-]. The summed E-state index contributed by atoms with van der Waals surface area (Å²) in [4.78, 5) is 21.3. The predicted octanol–water partition coefficient (Wildman–Crippen LogP) is 2.51. The Morgan fingerprint density at radius 1 is 1.55 bits per heavy atom. The Morgan fingerprint density at radius 3 is 2.65 bits per heavy atom. The van der Waals surface area contributed by atoms with E-state index in [0.29, 0.717) is 0 Å². The second kappa shape index (κ2) is 6.56. The van der Waals surface area contributed by atoms with Crippen LogP contribution in [0.3, 0.4) is 0 Å². The first-order valence-electron chi connectivity index (χ1n) is 5.56. The molecule has 0 spiro atoms. The third-order valence-electron chi connectivity index (χ3n) is 2.46. The number of carbonyl (C=O) groups excluding carboxylic acids is 1. The van der Waals surface area contributed by atoms with Crippen LogP contribution in [0.5, 0.6) is 0 Å². The van der Waals surface area contributed by atoms with Crippen LogP contribution in [0.15, 0.2) is 12.1 Å². The van der Waals surface area contributed by atoms with Crippen LogP contribution < -0.4 is 0 Å². The first kappa shape index (κ1) is 15.5. The normalized spacial score (nSPS) is 10.2. The molecule has 0 aliphatic rings. The van der Waals surface area contributed by atoms with Crippen LogP contribution in [-0.2, 0) is 16.0 Å². The molecule has 0 aromatic heterocycles. The van der Waals surface area contributed by atoms with Crippen LogP contribution in [0, 0.1) is 21.4 Å². The summed E-state index contributed by atoms with van der Waals surface area (Å²) in [5.74, 6) is -0.763. The Labute approximate surface area is 112 Å². The minimum absolute atomic E-state index is 0.0740. The Hall–Kier alpha value is -2.56. The van der Waals surface area contributed by atoms with Crippen molar-refractivity contribution in [1.82, 2.24) is 0 Å². The highest BCUT2D eigenvalue weighted by atomic mass is 19.3. The first-order chi connectivity index (χ1) is 9.42. The fourth-order valence-corrected chi connectivity index (χ4v) is 1.70. The lowest BCUT2D eigenvalue weighted by atomic mass is 10.00. The number of hydrogen-bond acceptors (Lipinski definition) is 5. The van der Waals surface area contributed by atoms with Crippen molar-refractivity contribution in [3.8, 4) is 6.07 Å². The van der Waals surface area contributed by atoms with E-state index in [4.69, 9.17) is 5.26 Å². The first-order valence-corrected chi connectivity index (χ1v) is 5.56. The molecule has 0 saturated heterocycles. The zero-order chi connectivity index (χ0) is 15.3. The quantitative estimate of drug-likeness (QED) is 0.470. The maximum atomic E-state index is 12.9. The number of esters is 1. The molecule has 1 rings (SSSR count). The van der Waals surface area contributed by atoms with E-state index in [2.05, 4.69) is 4.74 Å². The molecule has 1 aromatic carbocycles. The maximum absolute atomic E-state index is 12.9. The van der Waals surface area contributed by atoms with Gasteiger partial charge in [-0.3, -0.25) is 14.9 Å². The maximum Gasteiger partial charge on any atom is 0.310 e. The third-order valence-corrected chi connectivity index (χ3v) is 2.46.